The maximum absolute atomic E-state index is 14.0. The van der Waals surface area contributed by atoms with E-state index >= 15 is 0 Å². The molecule has 146 valence electrons. The van der Waals surface area contributed by atoms with Crippen LogP contribution in [0.1, 0.15) is 5.56 Å². The number of hydrogen-bond acceptors (Lipinski definition) is 6. The number of aromatic nitrogens is 3. The molecule has 0 saturated carbocycles. The highest BCUT2D eigenvalue weighted by molar-refractivity contribution is 9.10. The summed E-state index contributed by atoms with van der Waals surface area (Å²) in [4.78, 5) is 0. The molecule has 1 heterocycles. The normalized spacial score (nSPS) is 11.0. The Morgan fingerprint density at radius 1 is 1.14 bits per heavy atom. The number of hydrogen-bond donors (Lipinski definition) is 1. The molecule has 28 heavy (non-hydrogen) atoms. The molecule has 0 fully saturated rings. The van der Waals surface area contributed by atoms with Crippen LogP contribution in [-0.2, 0) is 0 Å². The van der Waals surface area contributed by atoms with Crippen molar-refractivity contribution in [2.24, 2.45) is 5.10 Å². The first-order chi connectivity index (χ1) is 13.5. The van der Waals surface area contributed by atoms with E-state index in [2.05, 4.69) is 31.2 Å². The van der Waals surface area contributed by atoms with Crippen molar-refractivity contribution in [2.45, 2.75) is 0 Å². The SMILES string of the molecule is COc1cc(-c2n[nH]c(=S)n2/N=C/c2cc(Br)ccc2F)cc(OC)c1OC. The van der Waals surface area contributed by atoms with Gasteiger partial charge < -0.3 is 14.2 Å². The molecule has 0 atom stereocenters. The van der Waals surface area contributed by atoms with E-state index in [0.717, 1.165) is 4.47 Å². The Labute approximate surface area is 173 Å². The lowest BCUT2D eigenvalue weighted by Crippen LogP contribution is -1.99. The Morgan fingerprint density at radius 3 is 2.43 bits per heavy atom. The first-order valence-corrected chi connectivity index (χ1v) is 9.15. The first kappa shape index (κ1) is 20.0. The average molecular weight is 467 g/mol. The molecule has 10 heteroatoms. The lowest BCUT2D eigenvalue weighted by molar-refractivity contribution is 0.324. The molecule has 3 rings (SSSR count). The number of methoxy groups -OCH3 is 3. The van der Waals surface area contributed by atoms with Crippen molar-refractivity contribution in [3.8, 4) is 28.6 Å². The van der Waals surface area contributed by atoms with E-state index in [9.17, 15) is 4.39 Å². The second kappa shape index (κ2) is 8.53. The van der Waals surface area contributed by atoms with Crippen LogP contribution < -0.4 is 14.2 Å². The second-order valence-electron chi connectivity index (χ2n) is 5.49. The van der Waals surface area contributed by atoms with E-state index < -0.39 is 5.82 Å². The van der Waals surface area contributed by atoms with Crippen molar-refractivity contribution in [2.75, 3.05) is 21.3 Å². The molecule has 0 aliphatic rings. The fourth-order valence-corrected chi connectivity index (χ4v) is 3.09. The number of H-pyrrole nitrogens is 1. The summed E-state index contributed by atoms with van der Waals surface area (Å²) in [6, 6.07) is 8.01. The molecule has 0 unspecified atom stereocenters. The van der Waals surface area contributed by atoms with Gasteiger partial charge in [-0.2, -0.15) is 14.9 Å². The van der Waals surface area contributed by atoms with Crippen molar-refractivity contribution in [3.05, 3.63) is 51.0 Å². The van der Waals surface area contributed by atoms with Crippen LogP contribution >= 0.6 is 28.1 Å². The number of aromatic amines is 1. The summed E-state index contributed by atoms with van der Waals surface area (Å²) >= 11 is 8.57. The third-order valence-corrected chi connectivity index (χ3v) is 4.60. The zero-order valence-corrected chi connectivity index (χ0v) is 17.6. The predicted molar refractivity (Wildman–Crippen MR) is 110 cm³/mol. The van der Waals surface area contributed by atoms with Gasteiger partial charge in [0.05, 0.1) is 27.5 Å². The van der Waals surface area contributed by atoms with Crippen molar-refractivity contribution in [1.29, 1.82) is 0 Å². The van der Waals surface area contributed by atoms with Gasteiger partial charge in [-0.25, -0.2) is 9.49 Å². The van der Waals surface area contributed by atoms with Crippen molar-refractivity contribution in [1.82, 2.24) is 14.9 Å². The Balaban J connectivity index is 2.10. The Morgan fingerprint density at radius 2 is 1.82 bits per heavy atom. The smallest absolute Gasteiger partial charge is 0.216 e. The van der Waals surface area contributed by atoms with Crippen LogP contribution in [0.5, 0.6) is 17.2 Å². The molecule has 7 nitrogen and oxygen atoms in total. The van der Waals surface area contributed by atoms with E-state index in [0.29, 0.717) is 34.2 Å². The molecule has 3 aromatic rings. The molecule has 0 amide bonds. The summed E-state index contributed by atoms with van der Waals surface area (Å²) in [6.07, 6.45) is 1.37. The van der Waals surface area contributed by atoms with Crippen molar-refractivity contribution < 1.29 is 18.6 Å². The standard InChI is InChI=1S/C18H16BrFN4O3S/c1-25-14-7-10(8-15(26-2)16(14)27-3)17-22-23-18(28)24(17)21-9-11-6-12(19)4-5-13(11)20/h4-9H,1-3H3,(H,23,28)/b21-9+. The number of benzene rings is 2. The third kappa shape index (κ3) is 3.92. The highest BCUT2D eigenvalue weighted by Crippen LogP contribution is 2.40. The number of nitrogens with zero attached hydrogens (tertiary/aromatic N) is 3. The molecule has 2 aromatic carbocycles. The Kier molecular flexibility index (Phi) is 6.10. The number of nitrogens with one attached hydrogen (secondary N) is 1. The van der Waals surface area contributed by atoms with Gasteiger partial charge in [0.15, 0.2) is 17.3 Å². The highest BCUT2D eigenvalue weighted by atomic mass is 79.9. The van der Waals surface area contributed by atoms with E-state index in [4.69, 9.17) is 26.4 Å². The minimum atomic E-state index is -0.406. The van der Waals surface area contributed by atoms with Crippen molar-refractivity contribution in [3.63, 3.8) is 0 Å². The maximum Gasteiger partial charge on any atom is 0.216 e. The molecule has 1 N–H and O–H groups in total. The summed E-state index contributed by atoms with van der Waals surface area (Å²) < 4.78 is 32.4. The Bertz CT molecular complexity index is 1070. The summed E-state index contributed by atoms with van der Waals surface area (Å²) in [5.41, 5.74) is 0.919. The van der Waals surface area contributed by atoms with Gasteiger partial charge in [-0.3, -0.25) is 0 Å². The van der Waals surface area contributed by atoms with Crippen LogP contribution in [0.2, 0.25) is 0 Å². The molecule has 0 bridgehead atoms. The molecule has 0 aliphatic heterocycles. The van der Waals surface area contributed by atoms with Gasteiger partial charge in [0.2, 0.25) is 10.5 Å². The van der Waals surface area contributed by atoms with Crippen LogP contribution in [0.3, 0.4) is 0 Å². The minimum absolute atomic E-state index is 0.246. The van der Waals surface area contributed by atoms with Gasteiger partial charge in [-0.15, -0.1) is 0 Å². The third-order valence-electron chi connectivity index (χ3n) is 3.84. The topological polar surface area (TPSA) is 73.7 Å². The number of ether oxygens (including phenoxy) is 3. The molecular weight excluding hydrogens is 451 g/mol. The van der Waals surface area contributed by atoms with Gasteiger partial charge in [-0.1, -0.05) is 15.9 Å². The van der Waals surface area contributed by atoms with Crippen LogP contribution in [-0.4, -0.2) is 42.4 Å². The Hall–Kier alpha value is -2.72. The number of rotatable bonds is 6. The molecule has 0 spiro atoms. The largest absolute Gasteiger partial charge is 0.493 e. The average Bonchev–Trinajstić information content (AvgIpc) is 3.07. The summed E-state index contributed by atoms with van der Waals surface area (Å²) in [7, 11) is 4.56. The van der Waals surface area contributed by atoms with Crippen LogP contribution in [0, 0.1) is 10.6 Å². The van der Waals surface area contributed by atoms with Crippen LogP contribution in [0.25, 0.3) is 11.4 Å². The van der Waals surface area contributed by atoms with Crippen LogP contribution in [0.15, 0.2) is 39.9 Å². The minimum Gasteiger partial charge on any atom is -0.493 e. The van der Waals surface area contributed by atoms with E-state index in [1.54, 1.807) is 24.3 Å². The summed E-state index contributed by atoms with van der Waals surface area (Å²) in [6.45, 7) is 0. The van der Waals surface area contributed by atoms with Gasteiger partial charge in [0.1, 0.15) is 5.82 Å². The van der Waals surface area contributed by atoms with E-state index in [-0.39, 0.29) is 4.77 Å². The highest BCUT2D eigenvalue weighted by Gasteiger charge is 2.17. The summed E-state index contributed by atoms with van der Waals surface area (Å²) in [5, 5.41) is 11.2. The zero-order chi connectivity index (χ0) is 20.3. The molecule has 0 saturated heterocycles. The summed E-state index contributed by atoms with van der Waals surface area (Å²) in [5.74, 6) is 1.36. The molecule has 0 radical (unpaired) electrons. The fourth-order valence-electron chi connectivity index (χ4n) is 2.53. The second-order valence-corrected chi connectivity index (χ2v) is 6.79. The van der Waals surface area contributed by atoms with E-state index in [1.165, 1.54) is 38.3 Å². The van der Waals surface area contributed by atoms with Crippen molar-refractivity contribution >= 4 is 34.4 Å². The monoisotopic (exact) mass is 466 g/mol. The molecule has 1 aromatic heterocycles. The predicted octanol–water partition coefficient (Wildman–Crippen LogP) is 4.42. The number of halogens is 2. The van der Waals surface area contributed by atoms with Gasteiger partial charge in [0, 0.05) is 15.6 Å². The quantitative estimate of drug-likeness (QED) is 0.429. The van der Waals surface area contributed by atoms with Gasteiger partial charge in [-0.05, 0) is 42.5 Å². The first-order valence-electron chi connectivity index (χ1n) is 7.95. The molecule has 0 aliphatic carbocycles. The lowest BCUT2D eigenvalue weighted by Gasteiger charge is -2.13. The van der Waals surface area contributed by atoms with Crippen LogP contribution in [0.4, 0.5) is 4.39 Å². The lowest BCUT2D eigenvalue weighted by atomic mass is 10.1. The molecular formula is C18H16BrFN4O3S. The zero-order valence-electron chi connectivity index (χ0n) is 15.2. The van der Waals surface area contributed by atoms with Gasteiger partial charge in [0.25, 0.3) is 0 Å². The van der Waals surface area contributed by atoms with E-state index in [1.807, 2.05) is 0 Å². The maximum atomic E-state index is 14.0. The van der Waals surface area contributed by atoms with Gasteiger partial charge >= 0.3 is 0 Å². The fraction of sp³-hybridized carbons (Fsp3) is 0.167.